The van der Waals surface area contributed by atoms with Crippen molar-refractivity contribution < 1.29 is 9.53 Å². The summed E-state index contributed by atoms with van der Waals surface area (Å²) >= 11 is 11.9. The molecule has 5 nitrogen and oxygen atoms in total. The van der Waals surface area contributed by atoms with Crippen LogP contribution in [0.1, 0.15) is 28.5 Å². The molecule has 7 heteroatoms. The first-order chi connectivity index (χ1) is 12.4. The zero-order chi connectivity index (χ0) is 18.8. The summed E-state index contributed by atoms with van der Waals surface area (Å²) in [6, 6.07) is 8.33. The number of rotatable bonds is 4. The lowest BCUT2D eigenvalue weighted by Crippen LogP contribution is -2.21. The van der Waals surface area contributed by atoms with Gasteiger partial charge in [-0.3, -0.25) is 4.79 Å². The summed E-state index contributed by atoms with van der Waals surface area (Å²) in [7, 11) is 0. The molecule has 2 heterocycles. The molecule has 0 atom stereocenters. The zero-order valence-electron chi connectivity index (χ0n) is 14.3. The predicted molar refractivity (Wildman–Crippen MR) is 102 cm³/mol. The van der Waals surface area contributed by atoms with Gasteiger partial charge in [0.05, 0.1) is 5.39 Å². The molecule has 134 valence electrons. The number of aromatic nitrogens is 2. The van der Waals surface area contributed by atoms with E-state index in [0.29, 0.717) is 33.2 Å². The molecule has 0 spiro atoms. The Kier molecular flexibility index (Phi) is 5.30. The third-order valence-electron chi connectivity index (χ3n) is 4.00. The molecule has 0 aliphatic heterocycles. The highest BCUT2D eigenvalue weighted by atomic mass is 35.5. The molecule has 0 radical (unpaired) electrons. The van der Waals surface area contributed by atoms with Crippen molar-refractivity contribution in [2.75, 3.05) is 0 Å². The first-order valence-electron chi connectivity index (χ1n) is 8.02. The Labute approximate surface area is 160 Å². The lowest BCUT2D eigenvalue weighted by Gasteiger charge is -2.11. The molecule has 0 bridgehead atoms. The van der Waals surface area contributed by atoms with Crippen molar-refractivity contribution in [1.29, 1.82) is 0 Å². The molecule has 0 saturated carbocycles. The third-order valence-corrected chi connectivity index (χ3v) is 4.58. The van der Waals surface area contributed by atoms with E-state index in [4.69, 9.17) is 27.9 Å². The van der Waals surface area contributed by atoms with Crippen LogP contribution in [-0.4, -0.2) is 15.5 Å². The quantitative estimate of drug-likeness (QED) is 0.619. The number of hydrogen-bond acceptors (Lipinski definition) is 4. The smallest absolute Gasteiger partial charge is 0.344 e. The Morgan fingerprint density at radius 1 is 1.23 bits per heavy atom. The minimum absolute atomic E-state index is 0.0323. The van der Waals surface area contributed by atoms with Crippen LogP contribution >= 0.6 is 23.2 Å². The van der Waals surface area contributed by atoms with Gasteiger partial charge >= 0.3 is 5.97 Å². The van der Waals surface area contributed by atoms with E-state index in [1.807, 2.05) is 13.8 Å². The van der Waals surface area contributed by atoms with Gasteiger partial charge in [0.2, 0.25) is 5.43 Å². The third kappa shape index (κ3) is 3.59. The molecule has 1 aromatic carbocycles. The summed E-state index contributed by atoms with van der Waals surface area (Å²) in [5.74, 6) is -0.703. The Morgan fingerprint density at radius 3 is 2.69 bits per heavy atom. The fourth-order valence-corrected chi connectivity index (χ4v) is 3.07. The van der Waals surface area contributed by atoms with Crippen molar-refractivity contribution >= 4 is 40.2 Å². The van der Waals surface area contributed by atoms with Gasteiger partial charge in [-0.2, -0.15) is 0 Å². The minimum Gasteiger partial charge on any atom is -0.457 e. The van der Waals surface area contributed by atoms with Crippen LogP contribution in [0, 0.1) is 6.92 Å². The number of hydrogen-bond donors (Lipinski definition) is 0. The monoisotopic (exact) mass is 390 g/mol. The van der Waals surface area contributed by atoms with Crippen LogP contribution in [0.4, 0.5) is 0 Å². The van der Waals surface area contributed by atoms with E-state index in [2.05, 4.69) is 4.98 Å². The van der Waals surface area contributed by atoms with Crippen molar-refractivity contribution in [3.05, 3.63) is 73.6 Å². The summed E-state index contributed by atoms with van der Waals surface area (Å²) in [4.78, 5) is 29.5. The van der Waals surface area contributed by atoms with Crippen LogP contribution in [-0.2, 0) is 17.9 Å². The number of nitrogens with zero attached hydrogens (tertiary/aromatic N) is 2. The normalized spacial score (nSPS) is 10.9. The van der Waals surface area contributed by atoms with Gasteiger partial charge in [0.1, 0.15) is 17.8 Å². The topological polar surface area (TPSA) is 61.2 Å². The molecule has 0 saturated heterocycles. The van der Waals surface area contributed by atoms with E-state index in [1.54, 1.807) is 34.9 Å². The second kappa shape index (κ2) is 7.48. The molecular formula is C19H16Cl2N2O3. The number of pyridine rings is 2. The van der Waals surface area contributed by atoms with Gasteiger partial charge < -0.3 is 9.30 Å². The number of carbonyl (C=O) groups excluding carboxylic acids is 1. The van der Waals surface area contributed by atoms with Crippen molar-refractivity contribution in [2.24, 2.45) is 0 Å². The van der Waals surface area contributed by atoms with Gasteiger partial charge in [-0.15, -0.1) is 0 Å². The Morgan fingerprint density at radius 2 is 2.00 bits per heavy atom. The maximum absolute atomic E-state index is 12.7. The first-order valence-corrected chi connectivity index (χ1v) is 8.78. The van der Waals surface area contributed by atoms with Crippen molar-refractivity contribution in [3.8, 4) is 0 Å². The van der Waals surface area contributed by atoms with Crippen LogP contribution in [0.25, 0.3) is 11.0 Å². The number of ether oxygens (including phenoxy) is 1. The second-order valence-corrected chi connectivity index (χ2v) is 6.64. The number of halogens is 2. The summed E-state index contributed by atoms with van der Waals surface area (Å²) in [6.07, 6.45) is 1.49. The number of esters is 1. The molecule has 0 fully saturated rings. The summed E-state index contributed by atoms with van der Waals surface area (Å²) in [5.41, 5.74) is 1.53. The fourth-order valence-electron chi connectivity index (χ4n) is 2.61. The molecule has 0 N–H and O–H groups in total. The van der Waals surface area contributed by atoms with Gasteiger partial charge in [-0.25, -0.2) is 9.78 Å². The summed E-state index contributed by atoms with van der Waals surface area (Å²) in [6.45, 7) is 4.28. The molecule has 0 amide bonds. The molecule has 3 aromatic rings. The molecule has 0 aliphatic rings. The van der Waals surface area contributed by atoms with Gasteiger partial charge in [-0.1, -0.05) is 29.3 Å². The first kappa shape index (κ1) is 18.4. The van der Waals surface area contributed by atoms with E-state index in [9.17, 15) is 9.59 Å². The van der Waals surface area contributed by atoms with Gasteiger partial charge in [0, 0.05) is 34.0 Å². The lowest BCUT2D eigenvalue weighted by molar-refractivity contribution is 0.0470. The van der Waals surface area contributed by atoms with E-state index >= 15 is 0 Å². The van der Waals surface area contributed by atoms with Crippen LogP contribution < -0.4 is 5.43 Å². The Balaban J connectivity index is 1.94. The van der Waals surface area contributed by atoms with Gasteiger partial charge in [0.15, 0.2) is 0 Å². The van der Waals surface area contributed by atoms with Gasteiger partial charge in [0.25, 0.3) is 0 Å². The average molecular weight is 391 g/mol. The Hall–Kier alpha value is -2.37. The largest absolute Gasteiger partial charge is 0.457 e. The highest BCUT2D eigenvalue weighted by molar-refractivity contribution is 6.35. The van der Waals surface area contributed by atoms with Crippen molar-refractivity contribution in [2.45, 2.75) is 27.0 Å². The number of benzene rings is 1. The SMILES string of the molecule is CCn1cc(C(=O)OCc2ccc(Cl)cc2Cl)c(=O)c2ccc(C)nc21. The van der Waals surface area contributed by atoms with E-state index in [0.717, 1.165) is 5.69 Å². The van der Waals surface area contributed by atoms with Crippen molar-refractivity contribution in [3.63, 3.8) is 0 Å². The lowest BCUT2D eigenvalue weighted by atomic mass is 10.2. The second-order valence-electron chi connectivity index (χ2n) is 5.79. The molecule has 0 aliphatic carbocycles. The Bertz CT molecular complexity index is 1060. The van der Waals surface area contributed by atoms with E-state index in [-0.39, 0.29) is 12.2 Å². The number of fused-ring (bicyclic) bond motifs is 1. The summed E-state index contributed by atoms with van der Waals surface area (Å²) in [5, 5.41) is 1.28. The highest BCUT2D eigenvalue weighted by Gasteiger charge is 2.18. The van der Waals surface area contributed by atoms with Crippen molar-refractivity contribution in [1.82, 2.24) is 9.55 Å². The van der Waals surface area contributed by atoms with E-state index < -0.39 is 11.4 Å². The van der Waals surface area contributed by atoms with Crippen LogP contribution in [0.15, 0.2) is 41.3 Å². The zero-order valence-corrected chi connectivity index (χ0v) is 15.8. The number of aryl methyl sites for hydroxylation is 2. The van der Waals surface area contributed by atoms with Crippen LogP contribution in [0.5, 0.6) is 0 Å². The fraction of sp³-hybridized carbons (Fsp3) is 0.211. The maximum atomic E-state index is 12.7. The van der Waals surface area contributed by atoms with Crippen LogP contribution in [0.3, 0.4) is 0 Å². The number of carbonyl (C=O) groups is 1. The van der Waals surface area contributed by atoms with E-state index in [1.165, 1.54) is 6.20 Å². The molecule has 0 unspecified atom stereocenters. The molecule has 3 rings (SSSR count). The van der Waals surface area contributed by atoms with Gasteiger partial charge in [-0.05, 0) is 38.1 Å². The predicted octanol–water partition coefficient (Wildman–Crippen LogP) is 4.39. The summed E-state index contributed by atoms with van der Waals surface area (Å²) < 4.78 is 7.05. The minimum atomic E-state index is -0.703. The van der Waals surface area contributed by atoms with Crippen LogP contribution in [0.2, 0.25) is 10.0 Å². The molecule has 2 aromatic heterocycles. The maximum Gasteiger partial charge on any atom is 0.344 e. The molecule has 26 heavy (non-hydrogen) atoms. The molecular weight excluding hydrogens is 375 g/mol. The average Bonchev–Trinajstić information content (AvgIpc) is 2.61. The standard InChI is InChI=1S/C19H16Cl2N2O3/c1-3-23-9-15(17(24)14-7-4-11(2)22-18(14)23)19(25)26-10-12-5-6-13(20)8-16(12)21/h4-9H,3,10H2,1-2H3. The highest BCUT2D eigenvalue weighted by Crippen LogP contribution is 2.22.